The normalized spacial score (nSPS) is 10.7. The fraction of sp³-hybridized carbons (Fsp3) is 0.667. The molecule has 0 aliphatic rings. The van der Waals surface area contributed by atoms with Crippen molar-refractivity contribution in [2.45, 2.75) is 26.5 Å². The number of hydrogen-bond donors (Lipinski definition) is 1. The standard InChI is InChI=1S/C12H20N4O5/c1-8(2)13-11-10(16(17)18)12(21-6-5-19-3)15-9(14-11)7-20-4/h8H,5-7H2,1-4H3,(H,13,14,15). The van der Waals surface area contributed by atoms with Crippen molar-refractivity contribution in [3.63, 3.8) is 0 Å². The van der Waals surface area contributed by atoms with Gasteiger partial charge in [-0.2, -0.15) is 4.98 Å². The lowest BCUT2D eigenvalue weighted by Crippen LogP contribution is -2.16. The molecule has 9 heteroatoms. The maximum atomic E-state index is 11.3. The predicted molar refractivity (Wildman–Crippen MR) is 75.5 cm³/mol. The summed E-state index contributed by atoms with van der Waals surface area (Å²) < 4.78 is 15.2. The fourth-order valence-corrected chi connectivity index (χ4v) is 1.53. The first-order valence-corrected chi connectivity index (χ1v) is 6.42. The Hall–Kier alpha value is -2.00. The molecular formula is C12H20N4O5. The number of rotatable bonds is 9. The fourth-order valence-electron chi connectivity index (χ4n) is 1.53. The molecule has 0 fully saturated rings. The van der Waals surface area contributed by atoms with Crippen LogP contribution in [0.5, 0.6) is 5.88 Å². The van der Waals surface area contributed by atoms with Crippen LogP contribution in [0.3, 0.4) is 0 Å². The van der Waals surface area contributed by atoms with Gasteiger partial charge in [0.15, 0.2) is 5.82 Å². The third kappa shape index (κ3) is 5.12. The second kappa shape index (κ2) is 8.32. The molecule has 21 heavy (non-hydrogen) atoms. The SMILES string of the molecule is COCCOc1nc(COC)nc(NC(C)C)c1[N+](=O)[O-]. The molecule has 9 nitrogen and oxygen atoms in total. The molecule has 0 amide bonds. The van der Waals surface area contributed by atoms with Crippen molar-refractivity contribution >= 4 is 11.5 Å². The Bertz CT molecular complexity index is 481. The zero-order valence-corrected chi connectivity index (χ0v) is 12.6. The van der Waals surface area contributed by atoms with Crippen LogP contribution in [0.2, 0.25) is 0 Å². The molecule has 0 unspecified atom stereocenters. The van der Waals surface area contributed by atoms with E-state index in [4.69, 9.17) is 14.2 Å². The van der Waals surface area contributed by atoms with Crippen molar-refractivity contribution in [3.8, 4) is 5.88 Å². The van der Waals surface area contributed by atoms with Crippen LogP contribution in [0, 0.1) is 10.1 Å². The molecule has 1 rings (SSSR count). The van der Waals surface area contributed by atoms with Gasteiger partial charge in [-0.15, -0.1) is 0 Å². The quantitative estimate of drug-likeness (QED) is 0.414. The second-order valence-corrected chi connectivity index (χ2v) is 4.47. The third-order valence-electron chi connectivity index (χ3n) is 2.31. The Labute approximate surface area is 122 Å². The van der Waals surface area contributed by atoms with E-state index in [0.717, 1.165) is 0 Å². The number of ether oxygens (including phenoxy) is 3. The highest BCUT2D eigenvalue weighted by atomic mass is 16.6. The number of aromatic nitrogens is 2. The molecule has 1 N–H and O–H groups in total. The number of hydrogen-bond acceptors (Lipinski definition) is 8. The monoisotopic (exact) mass is 300 g/mol. The molecule has 0 aliphatic heterocycles. The number of methoxy groups -OCH3 is 2. The van der Waals surface area contributed by atoms with Crippen LogP contribution in [-0.2, 0) is 16.1 Å². The van der Waals surface area contributed by atoms with E-state index >= 15 is 0 Å². The maximum absolute atomic E-state index is 11.3. The number of nitrogens with one attached hydrogen (secondary N) is 1. The molecule has 1 aromatic rings. The van der Waals surface area contributed by atoms with Crippen LogP contribution < -0.4 is 10.1 Å². The molecule has 0 spiro atoms. The van der Waals surface area contributed by atoms with E-state index in [2.05, 4.69) is 15.3 Å². The summed E-state index contributed by atoms with van der Waals surface area (Å²) in [4.78, 5) is 18.8. The summed E-state index contributed by atoms with van der Waals surface area (Å²) in [5.41, 5.74) is -0.292. The first-order valence-electron chi connectivity index (χ1n) is 6.42. The largest absolute Gasteiger partial charge is 0.470 e. The molecule has 0 saturated carbocycles. The summed E-state index contributed by atoms with van der Waals surface area (Å²) in [6, 6.07) is -0.0270. The van der Waals surface area contributed by atoms with Crippen molar-refractivity contribution < 1.29 is 19.1 Å². The van der Waals surface area contributed by atoms with Crippen molar-refractivity contribution in [3.05, 3.63) is 15.9 Å². The van der Waals surface area contributed by atoms with Crippen molar-refractivity contribution in [1.82, 2.24) is 9.97 Å². The second-order valence-electron chi connectivity index (χ2n) is 4.47. The van der Waals surface area contributed by atoms with Crippen LogP contribution in [0.1, 0.15) is 19.7 Å². The van der Waals surface area contributed by atoms with Gasteiger partial charge in [0.2, 0.25) is 5.82 Å². The Morgan fingerprint density at radius 1 is 1.24 bits per heavy atom. The van der Waals surface area contributed by atoms with Gasteiger partial charge in [0.1, 0.15) is 13.2 Å². The van der Waals surface area contributed by atoms with Gasteiger partial charge >= 0.3 is 5.69 Å². The van der Waals surface area contributed by atoms with E-state index in [-0.39, 0.29) is 36.6 Å². The average molecular weight is 300 g/mol. The van der Waals surface area contributed by atoms with Gasteiger partial charge in [0, 0.05) is 20.3 Å². The predicted octanol–water partition coefficient (Wildman–Crippen LogP) is 1.38. The molecule has 0 aromatic carbocycles. The van der Waals surface area contributed by atoms with E-state index < -0.39 is 4.92 Å². The summed E-state index contributed by atoms with van der Waals surface area (Å²) in [5, 5.41) is 14.2. The van der Waals surface area contributed by atoms with E-state index in [0.29, 0.717) is 12.4 Å². The molecule has 0 bridgehead atoms. The molecular weight excluding hydrogens is 280 g/mol. The highest BCUT2D eigenvalue weighted by Gasteiger charge is 2.26. The smallest absolute Gasteiger partial charge is 0.372 e. The molecule has 118 valence electrons. The van der Waals surface area contributed by atoms with Crippen LogP contribution in [0.15, 0.2) is 0 Å². The van der Waals surface area contributed by atoms with Gasteiger partial charge in [-0.1, -0.05) is 0 Å². The van der Waals surface area contributed by atoms with Gasteiger partial charge in [-0.3, -0.25) is 10.1 Å². The Balaban J connectivity index is 3.20. The van der Waals surface area contributed by atoms with Crippen LogP contribution in [0.4, 0.5) is 11.5 Å². The summed E-state index contributed by atoms with van der Waals surface area (Å²) >= 11 is 0. The summed E-state index contributed by atoms with van der Waals surface area (Å²) in [5.74, 6) is 0.324. The van der Waals surface area contributed by atoms with Crippen LogP contribution in [-0.4, -0.2) is 48.4 Å². The Morgan fingerprint density at radius 2 is 1.95 bits per heavy atom. The first kappa shape index (κ1) is 17.1. The topological polar surface area (TPSA) is 109 Å². The molecule has 0 radical (unpaired) electrons. The molecule has 0 aliphatic carbocycles. The van der Waals surface area contributed by atoms with Gasteiger partial charge in [-0.05, 0) is 13.8 Å². The Kier molecular flexibility index (Phi) is 6.76. The van der Waals surface area contributed by atoms with Gasteiger partial charge in [0.25, 0.3) is 5.88 Å². The zero-order valence-electron chi connectivity index (χ0n) is 12.6. The van der Waals surface area contributed by atoms with Crippen LogP contribution in [0.25, 0.3) is 0 Å². The average Bonchev–Trinajstić information content (AvgIpc) is 2.38. The number of anilines is 1. The van der Waals surface area contributed by atoms with E-state index in [1.165, 1.54) is 14.2 Å². The summed E-state index contributed by atoms with van der Waals surface area (Å²) in [7, 11) is 3.01. The lowest BCUT2D eigenvalue weighted by molar-refractivity contribution is -0.385. The van der Waals surface area contributed by atoms with E-state index in [1.807, 2.05) is 13.8 Å². The van der Waals surface area contributed by atoms with Gasteiger partial charge in [0.05, 0.1) is 11.5 Å². The zero-order chi connectivity index (χ0) is 15.8. The van der Waals surface area contributed by atoms with Gasteiger partial charge in [-0.25, -0.2) is 4.98 Å². The molecule has 0 atom stereocenters. The lowest BCUT2D eigenvalue weighted by Gasteiger charge is -2.13. The van der Waals surface area contributed by atoms with Crippen molar-refractivity contribution in [2.75, 3.05) is 32.8 Å². The summed E-state index contributed by atoms with van der Waals surface area (Å²) in [6.07, 6.45) is 0. The lowest BCUT2D eigenvalue weighted by atomic mass is 10.3. The minimum Gasteiger partial charge on any atom is -0.470 e. The highest BCUT2D eigenvalue weighted by molar-refractivity contribution is 5.62. The van der Waals surface area contributed by atoms with E-state index in [9.17, 15) is 10.1 Å². The number of nitro groups is 1. The maximum Gasteiger partial charge on any atom is 0.372 e. The van der Waals surface area contributed by atoms with Crippen molar-refractivity contribution in [2.24, 2.45) is 0 Å². The number of nitrogens with zero attached hydrogens (tertiary/aromatic N) is 3. The minimum atomic E-state index is -0.566. The Morgan fingerprint density at radius 3 is 2.48 bits per heavy atom. The molecule has 1 aromatic heterocycles. The van der Waals surface area contributed by atoms with Gasteiger partial charge < -0.3 is 19.5 Å². The first-order chi connectivity index (χ1) is 9.99. The van der Waals surface area contributed by atoms with Crippen LogP contribution >= 0.6 is 0 Å². The molecule has 0 saturated heterocycles. The third-order valence-corrected chi connectivity index (χ3v) is 2.31. The minimum absolute atomic E-state index is 0.0270. The van der Waals surface area contributed by atoms with E-state index in [1.54, 1.807) is 0 Å². The highest BCUT2D eigenvalue weighted by Crippen LogP contribution is 2.32. The van der Waals surface area contributed by atoms with Crippen molar-refractivity contribution in [1.29, 1.82) is 0 Å². The molecule has 1 heterocycles. The summed E-state index contributed by atoms with van der Waals surface area (Å²) in [6.45, 7) is 4.29.